The fourth-order valence-electron chi connectivity index (χ4n) is 3.14. The fourth-order valence-corrected chi connectivity index (χ4v) is 3.14. The van der Waals surface area contributed by atoms with Crippen molar-refractivity contribution in [2.45, 2.75) is 0 Å². The average Bonchev–Trinajstić information content (AvgIpc) is 2.73. The van der Waals surface area contributed by atoms with E-state index in [0.717, 1.165) is 0 Å². The van der Waals surface area contributed by atoms with Crippen LogP contribution >= 0.6 is 0 Å². The molecule has 4 rings (SSSR count). The van der Waals surface area contributed by atoms with E-state index in [2.05, 4.69) is 0 Å². The Morgan fingerprint density at radius 1 is 1.07 bits per heavy atom. The van der Waals surface area contributed by atoms with E-state index in [-0.39, 0.29) is 22.6 Å². The van der Waals surface area contributed by atoms with Gasteiger partial charge in [-0.2, -0.15) is 0 Å². The van der Waals surface area contributed by atoms with Crippen molar-refractivity contribution in [1.29, 1.82) is 0 Å². The molecule has 1 aliphatic rings. The molecule has 2 heterocycles. The van der Waals surface area contributed by atoms with Crippen molar-refractivity contribution < 1.29 is 23.6 Å². The summed E-state index contributed by atoms with van der Waals surface area (Å²) in [6.45, 7) is 2.04. The summed E-state index contributed by atoms with van der Waals surface area (Å²) in [5.74, 6) is -0.587. The van der Waals surface area contributed by atoms with Crippen LogP contribution in [0.2, 0.25) is 0 Å². The molecule has 3 aromatic rings. The highest BCUT2D eigenvalue weighted by Gasteiger charge is 2.24. The third kappa shape index (κ3) is 3.94. The maximum atomic E-state index is 12.5. The molecule has 0 N–H and O–H groups in total. The van der Waals surface area contributed by atoms with Crippen LogP contribution in [0.25, 0.3) is 11.0 Å². The molecule has 9 nitrogen and oxygen atoms in total. The van der Waals surface area contributed by atoms with E-state index in [0.29, 0.717) is 37.4 Å². The first-order valence-electron chi connectivity index (χ1n) is 8.88. The number of morpholine rings is 1. The Bertz CT molecular complexity index is 1150. The maximum absolute atomic E-state index is 12.5. The minimum atomic E-state index is -0.751. The molecule has 0 radical (unpaired) electrons. The number of fused-ring (bicyclic) bond motifs is 1. The van der Waals surface area contributed by atoms with Crippen LogP contribution < -0.4 is 15.3 Å². The SMILES string of the molecule is O=C(Oc1ccc2ccc(=O)oc2c1)c1ccc(N2CCOCC2)c([N+](=O)[O-])c1. The van der Waals surface area contributed by atoms with E-state index in [1.54, 1.807) is 24.3 Å². The van der Waals surface area contributed by atoms with Crippen molar-refractivity contribution in [3.8, 4) is 5.75 Å². The Morgan fingerprint density at radius 2 is 1.83 bits per heavy atom. The third-order valence-corrected chi connectivity index (χ3v) is 4.56. The highest BCUT2D eigenvalue weighted by atomic mass is 16.6. The van der Waals surface area contributed by atoms with Gasteiger partial charge in [0.1, 0.15) is 17.0 Å². The largest absolute Gasteiger partial charge is 0.423 e. The van der Waals surface area contributed by atoms with Gasteiger partial charge in [0.25, 0.3) is 5.69 Å². The van der Waals surface area contributed by atoms with E-state index >= 15 is 0 Å². The van der Waals surface area contributed by atoms with Gasteiger partial charge in [0.2, 0.25) is 0 Å². The van der Waals surface area contributed by atoms with Gasteiger partial charge >= 0.3 is 11.6 Å². The first-order valence-corrected chi connectivity index (χ1v) is 8.88. The lowest BCUT2D eigenvalue weighted by molar-refractivity contribution is -0.384. The molecule has 0 aliphatic carbocycles. The maximum Gasteiger partial charge on any atom is 0.343 e. The summed E-state index contributed by atoms with van der Waals surface area (Å²) in [4.78, 5) is 36.7. The predicted molar refractivity (Wildman–Crippen MR) is 104 cm³/mol. The molecule has 0 spiro atoms. The quantitative estimate of drug-likeness (QED) is 0.218. The van der Waals surface area contributed by atoms with Crippen LogP contribution in [0, 0.1) is 10.1 Å². The molecule has 0 atom stereocenters. The zero-order valence-electron chi connectivity index (χ0n) is 15.2. The van der Waals surface area contributed by atoms with Crippen LogP contribution in [0.5, 0.6) is 5.75 Å². The molecule has 1 aromatic heterocycles. The summed E-state index contributed by atoms with van der Waals surface area (Å²) in [6.07, 6.45) is 0. The van der Waals surface area contributed by atoms with Crippen LogP contribution in [-0.4, -0.2) is 37.2 Å². The van der Waals surface area contributed by atoms with Crippen LogP contribution in [0.15, 0.2) is 57.7 Å². The number of esters is 1. The Hall–Kier alpha value is -3.72. The summed E-state index contributed by atoms with van der Waals surface area (Å²) in [5.41, 5.74) is 0.0586. The number of nitro benzene ring substituents is 1. The number of nitrogens with zero attached hydrogens (tertiary/aromatic N) is 2. The second-order valence-electron chi connectivity index (χ2n) is 6.40. The number of benzene rings is 2. The predicted octanol–water partition coefficient (Wildman–Crippen LogP) is 2.76. The number of ether oxygens (including phenoxy) is 2. The standard InChI is InChI=1S/C20H16N2O7/c23-19-6-3-13-1-4-15(12-18(13)29-19)28-20(24)14-2-5-16(17(11-14)22(25)26)21-7-9-27-10-8-21/h1-6,11-12H,7-10H2. The molecule has 9 heteroatoms. The van der Waals surface area contributed by atoms with Crippen molar-refractivity contribution in [2.24, 2.45) is 0 Å². The number of hydrogen-bond acceptors (Lipinski definition) is 8. The number of carbonyl (C=O) groups is 1. The number of hydrogen-bond donors (Lipinski definition) is 0. The van der Waals surface area contributed by atoms with Gasteiger partial charge in [-0.25, -0.2) is 9.59 Å². The molecule has 1 fully saturated rings. The molecule has 1 aliphatic heterocycles. The molecule has 0 unspecified atom stereocenters. The van der Waals surface area contributed by atoms with Crippen molar-refractivity contribution in [2.75, 3.05) is 31.2 Å². The van der Waals surface area contributed by atoms with Crippen LogP contribution in [0.4, 0.5) is 11.4 Å². The second kappa shape index (κ2) is 7.72. The molecule has 0 amide bonds. The Kier molecular flexibility index (Phi) is 4.96. The monoisotopic (exact) mass is 396 g/mol. The molecule has 0 saturated carbocycles. The van der Waals surface area contributed by atoms with Crippen LogP contribution in [0.1, 0.15) is 10.4 Å². The zero-order chi connectivity index (χ0) is 20.4. The van der Waals surface area contributed by atoms with Crippen LogP contribution in [-0.2, 0) is 4.74 Å². The average molecular weight is 396 g/mol. The van der Waals surface area contributed by atoms with E-state index in [4.69, 9.17) is 13.9 Å². The van der Waals surface area contributed by atoms with Crippen molar-refractivity contribution >= 4 is 28.3 Å². The first kappa shape index (κ1) is 18.6. The lowest BCUT2D eigenvalue weighted by atomic mass is 10.1. The smallest absolute Gasteiger partial charge is 0.343 e. The van der Waals surface area contributed by atoms with Crippen molar-refractivity contribution in [1.82, 2.24) is 0 Å². The van der Waals surface area contributed by atoms with Gasteiger partial charge in [-0.05, 0) is 30.3 Å². The highest BCUT2D eigenvalue weighted by Crippen LogP contribution is 2.30. The van der Waals surface area contributed by atoms with E-state index in [9.17, 15) is 19.7 Å². The van der Waals surface area contributed by atoms with E-state index < -0.39 is 16.5 Å². The lowest BCUT2D eigenvalue weighted by Crippen LogP contribution is -2.36. The summed E-state index contributed by atoms with van der Waals surface area (Å²) < 4.78 is 15.7. The van der Waals surface area contributed by atoms with Gasteiger partial charge in [0.05, 0.1) is 23.7 Å². The zero-order valence-corrected chi connectivity index (χ0v) is 15.2. The highest BCUT2D eigenvalue weighted by molar-refractivity contribution is 5.93. The number of anilines is 1. The minimum Gasteiger partial charge on any atom is -0.423 e. The summed E-state index contributed by atoms with van der Waals surface area (Å²) in [6, 6.07) is 11.7. The third-order valence-electron chi connectivity index (χ3n) is 4.56. The molecule has 148 valence electrons. The van der Waals surface area contributed by atoms with Gasteiger partial charge in [-0.1, -0.05) is 0 Å². The van der Waals surface area contributed by atoms with Gasteiger partial charge in [-0.3, -0.25) is 10.1 Å². The molecule has 29 heavy (non-hydrogen) atoms. The topological polar surface area (TPSA) is 112 Å². The number of rotatable bonds is 4. The minimum absolute atomic E-state index is 0.0447. The Morgan fingerprint density at radius 3 is 2.59 bits per heavy atom. The number of nitro groups is 1. The summed E-state index contributed by atoms with van der Waals surface area (Å²) >= 11 is 0. The van der Waals surface area contributed by atoms with Gasteiger partial charge in [0.15, 0.2) is 0 Å². The fraction of sp³-hybridized carbons (Fsp3) is 0.200. The molecule has 0 bridgehead atoms. The van der Waals surface area contributed by atoms with Crippen molar-refractivity contribution in [3.63, 3.8) is 0 Å². The Balaban J connectivity index is 1.60. The normalized spacial score (nSPS) is 14.0. The summed E-state index contributed by atoms with van der Waals surface area (Å²) in [7, 11) is 0. The molecule has 2 aromatic carbocycles. The second-order valence-corrected chi connectivity index (χ2v) is 6.40. The van der Waals surface area contributed by atoms with Crippen LogP contribution in [0.3, 0.4) is 0 Å². The molecular formula is C20H16N2O7. The first-order chi connectivity index (χ1) is 14.0. The van der Waals surface area contributed by atoms with Crippen molar-refractivity contribution in [3.05, 3.63) is 74.6 Å². The summed E-state index contributed by atoms with van der Waals surface area (Å²) in [5, 5.41) is 12.2. The van der Waals surface area contributed by atoms with Gasteiger partial charge in [-0.15, -0.1) is 0 Å². The van der Waals surface area contributed by atoms with E-state index in [1.807, 2.05) is 4.90 Å². The number of carbonyl (C=O) groups excluding carboxylic acids is 1. The lowest BCUT2D eigenvalue weighted by Gasteiger charge is -2.28. The van der Waals surface area contributed by atoms with Gasteiger partial charge in [0, 0.05) is 36.7 Å². The molecular weight excluding hydrogens is 380 g/mol. The molecule has 1 saturated heterocycles. The Labute approximate surface area is 164 Å². The van der Waals surface area contributed by atoms with Gasteiger partial charge < -0.3 is 18.8 Å². The van der Waals surface area contributed by atoms with E-state index in [1.165, 1.54) is 24.3 Å².